The first-order valence-electron chi connectivity index (χ1n) is 7.10. The minimum atomic E-state index is -0.597. The molecule has 6 heteroatoms. The molecule has 0 unspecified atom stereocenters. The fourth-order valence-electron chi connectivity index (χ4n) is 2.57. The van der Waals surface area contributed by atoms with Gasteiger partial charge in [0, 0.05) is 25.2 Å². The molecule has 0 radical (unpaired) electrons. The molecular formula is C14H21BN2O3. The van der Waals surface area contributed by atoms with Gasteiger partial charge in [-0.05, 0) is 39.3 Å². The summed E-state index contributed by atoms with van der Waals surface area (Å²) in [5.74, 6) is 0.367. The van der Waals surface area contributed by atoms with Crippen molar-refractivity contribution in [2.75, 3.05) is 13.1 Å². The molecule has 0 spiro atoms. The van der Waals surface area contributed by atoms with Crippen molar-refractivity contribution in [3.05, 3.63) is 28.2 Å². The van der Waals surface area contributed by atoms with Crippen LogP contribution in [0.25, 0.3) is 0 Å². The van der Waals surface area contributed by atoms with Crippen LogP contribution in [-0.4, -0.2) is 36.4 Å². The van der Waals surface area contributed by atoms with Crippen molar-refractivity contribution in [3.63, 3.8) is 0 Å². The van der Waals surface area contributed by atoms with E-state index < -0.39 is 18.3 Å². The van der Waals surface area contributed by atoms with Gasteiger partial charge in [-0.1, -0.05) is 0 Å². The van der Waals surface area contributed by atoms with Gasteiger partial charge in [-0.2, -0.15) is 0 Å². The van der Waals surface area contributed by atoms with Crippen LogP contribution in [0.1, 0.15) is 39.2 Å². The highest BCUT2D eigenvalue weighted by Crippen LogP contribution is 2.36. The smallest absolute Gasteiger partial charge is 0.399 e. The fraction of sp³-hybridized carbons (Fsp3) is 0.643. The average molecular weight is 276 g/mol. The number of hydrogen-bond acceptors (Lipinski definition) is 4. The zero-order chi connectivity index (χ0) is 14.5. The Hall–Kier alpha value is -1.11. The molecule has 2 aliphatic rings. The van der Waals surface area contributed by atoms with E-state index in [1.807, 2.05) is 33.8 Å². The van der Waals surface area contributed by atoms with E-state index in [9.17, 15) is 4.79 Å². The summed E-state index contributed by atoms with van der Waals surface area (Å²) in [6.07, 6.45) is 1.70. The molecule has 108 valence electrons. The molecule has 3 heterocycles. The molecule has 20 heavy (non-hydrogen) atoms. The average Bonchev–Trinajstić information content (AvgIpc) is 2.45. The quantitative estimate of drug-likeness (QED) is 0.766. The van der Waals surface area contributed by atoms with Crippen LogP contribution in [0.2, 0.25) is 0 Å². The molecule has 1 aromatic rings. The molecular weight excluding hydrogens is 255 g/mol. The zero-order valence-electron chi connectivity index (χ0n) is 12.4. The largest absolute Gasteiger partial charge is 0.500 e. The van der Waals surface area contributed by atoms with E-state index in [1.165, 1.54) is 0 Å². The number of nitrogens with one attached hydrogen (secondary N) is 2. The van der Waals surface area contributed by atoms with E-state index in [0.29, 0.717) is 11.4 Å². The summed E-state index contributed by atoms with van der Waals surface area (Å²) in [7, 11) is -0.597. The predicted octanol–water partition coefficient (Wildman–Crippen LogP) is 0.361. The normalized spacial score (nSPS) is 24.7. The van der Waals surface area contributed by atoms with Crippen molar-refractivity contribution in [1.82, 2.24) is 10.3 Å². The number of aromatic nitrogens is 1. The molecule has 2 saturated heterocycles. The van der Waals surface area contributed by atoms with Crippen LogP contribution in [0.4, 0.5) is 0 Å². The van der Waals surface area contributed by atoms with Gasteiger partial charge in [0.05, 0.1) is 16.7 Å². The number of hydrogen-bond donors (Lipinski definition) is 2. The van der Waals surface area contributed by atoms with E-state index in [0.717, 1.165) is 18.7 Å². The Labute approximate surface area is 119 Å². The van der Waals surface area contributed by atoms with Gasteiger partial charge in [-0.25, -0.2) is 0 Å². The molecule has 2 N–H and O–H groups in total. The molecule has 0 amide bonds. The first kappa shape index (κ1) is 13.9. The van der Waals surface area contributed by atoms with Crippen molar-refractivity contribution in [3.8, 4) is 0 Å². The van der Waals surface area contributed by atoms with E-state index in [2.05, 4.69) is 10.3 Å². The third kappa shape index (κ3) is 2.03. The zero-order valence-corrected chi connectivity index (χ0v) is 12.4. The van der Waals surface area contributed by atoms with E-state index in [4.69, 9.17) is 9.31 Å². The van der Waals surface area contributed by atoms with Crippen molar-refractivity contribution in [1.29, 1.82) is 0 Å². The molecule has 1 aromatic heterocycles. The van der Waals surface area contributed by atoms with Crippen molar-refractivity contribution >= 4 is 12.6 Å². The Morgan fingerprint density at radius 2 is 1.80 bits per heavy atom. The number of H-pyrrole nitrogens is 1. The highest BCUT2D eigenvalue weighted by atomic mass is 16.7. The van der Waals surface area contributed by atoms with Crippen LogP contribution in [0, 0.1) is 0 Å². The van der Waals surface area contributed by atoms with E-state index >= 15 is 0 Å². The van der Waals surface area contributed by atoms with Crippen LogP contribution < -0.4 is 16.3 Å². The number of pyridine rings is 1. The molecule has 2 aliphatic heterocycles. The van der Waals surface area contributed by atoms with Crippen LogP contribution >= 0.6 is 0 Å². The third-order valence-electron chi connectivity index (χ3n) is 4.74. The standard InChI is InChI=1S/C14H21BN2O3/c1-13(2)14(3,4)20-15(19-13)11-10(9-7-16-8-9)5-6-17-12(11)18/h5-6,9,16H,7-8H2,1-4H3,(H,17,18). The van der Waals surface area contributed by atoms with Gasteiger partial charge in [0.2, 0.25) is 5.56 Å². The highest BCUT2D eigenvalue weighted by molar-refractivity contribution is 6.62. The molecule has 0 aliphatic carbocycles. The van der Waals surface area contributed by atoms with Gasteiger partial charge in [-0.3, -0.25) is 4.79 Å². The SMILES string of the molecule is CC1(C)OB(c2c(C3CNC3)cc[nH]c2=O)OC1(C)C. The van der Waals surface area contributed by atoms with Gasteiger partial charge in [0.1, 0.15) is 0 Å². The Morgan fingerprint density at radius 1 is 1.20 bits per heavy atom. The van der Waals surface area contributed by atoms with Gasteiger partial charge < -0.3 is 19.6 Å². The Balaban J connectivity index is 2.01. The highest BCUT2D eigenvalue weighted by Gasteiger charge is 2.53. The number of aromatic amines is 1. The summed E-state index contributed by atoms with van der Waals surface area (Å²) >= 11 is 0. The number of rotatable bonds is 2. The van der Waals surface area contributed by atoms with Crippen molar-refractivity contribution in [2.24, 2.45) is 0 Å². The lowest BCUT2D eigenvalue weighted by molar-refractivity contribution is 0.00578. The lowest BCUT2D eigenvalue weighted by Gasteiger charge is -2.32. The van der Waals surface area contributed by atoms with Crippen LogP contribution in [0.5, 0.6) is 0 Å². The summed E-state index contributed by atoms with van der Waals surface area (Å²) in [6, 6.07) is 1.97. The molecule has 0 bridgehead atoms. The summed E-state index contributed by atoms with van der Waals surface area (Å²) in [4.78, 5) is 15.0. The van der Waals surface area contributed by atoms with Crippen molar-refractivity contribution < 1.29 is 9.31 Å². The van der Waals surface area contributed by atoms with Gasteiger partial charge in [-0.15, -0.1) is 0 Å². The van der Waals surface area contributed by atoms with Crippen LogP contribution in [-0.2, 0) is 9.31 Å². The summed E-state index contributed by atoms with van der Waals surface area (Å²) < 4.78 is 12.1. The second kappa shape index (κ2) is 4.45. The van der Waals surface area contributed by atoms with Gasteiger partial charge in [0.25, 0.3) is 0 Å². The van der Waals surface area contributed by atoms with E-state index in [1.54, 1.807) is 6.20 Å². The molecule has 5 nitrogen and oxygen atoms in total. The monoisotopic (exact) mass is 276 g/mol. The second-order valence-electron chi connectivity index (χ2n) is 6.62. The predicted molar refractivity (Wildman–Crippen MR) is 78.4 cm³/mol. The molecule has 0 aromatic carbocycles. The maximum Gasteiger partial charge on any atom is 0.500 e. The molecule has 0 saturated carbocycles. The maximum absolute atomic E-state index is 12.3. The lowest BCUT2D eigenvalue weighted by Crippen LogP contribution is -2.51. The minimum absolute atomic E-state index is 0.118. The lowest BCUT2D eigenvalue weighted by atomic mass is 9.73. The van der Waals surface area contributed by atoms with Crippen LogP contribution in [0.15, 0.2) is 17.1 Å². The van der Waals surface area contributed by atoms with Crippen LogP contribution in [0.3, 0.4) is 0 Å². The van der Waals surface area contributed by atoms with Gasteiger partial charge in [0.15, 0.2) is 0 Å². The topological polar surface area (TPSA) is 63.3 Å². The molecule has 3 rings (SSSR count). The Bertz CT molecular complexity index is 562. The first-order chi connectivity index (χ1) is 9.32. The van der Waals surface area contributed by atoms with Crippen molar-refractivity contribution in [2.45, 2.75) is 44.8 Å². The maximum atomic E-state index is 12.3. The second-order valence-corrected chi connectivity index (χ2v) is 6.62. The third-order valence-corrected chi connectivity index (χ3v) is 4.74. The van der Waals surface area contributed by atoms with Gasteiger partial charge >= 0.3 is 7.12 Å². The molecule has 2 fully saturated rings. The minimum Gasteiger partial charge on any atom is -0.399 e. The summed E-state index contributed by atoms with van der Waals surface area (Å²) in [6.45, 7) is 9.78. The summed E-state index contributed by atoms with van der Waals surface area (Å²) in [5, 5.41) is 3.24. The van der Waals surface area contributed by atoms with E-state index in [-0.39, 0.29) is 5.56 Å². The molecule has 0 atom stereocenters. The summed E-state index contributed by atoms with van der Waals surface area (Å²) in [5.41, 5.74) is 0.668. The Kier molecular flexibility index (Phi) is 3.08. The first-order valence-corrected chi connectivity index (χ1v) is 7.10. The Morgan fingerprint density at radius 3 is 2.30 bits per heavy atom. The fourth-order valence-corrected chi connectivity index (χ4v) is 2.57.